The molecule has 0 saturated carbocycles. The number of hydrogen-bond donors (Lipinski definition) is 2. The number of ketones is 1. The van der Waals surface area contributed by atoms with Crippen LogP contribution in [0, 0.1) is 0 Å². The first kappa shape index (κ1) is 21.7. The van der Waals surface area contributed by atoms with Crippen molar-refractivity contribution < 1.29 is 24.5 Å². The summed E-state index contributed by atoms with van der Waals surface area (Å²) in [5, 5.41) is 21.5. The third-order valence-electron chi connectivity index (χ3n) is 5.20. The molecule has 1 atom stereocenters. The Bertz CT molecular complexity index is 1250. The number of methoxy groups -OCH3 is 1. The van der Waals surface area contributed by atoms with Crippen molar-refractivity contribution in [3.63, 3.8) is 0 Å². The number of aromatic hydroxyl groups is 1. The van der Waals surface area contributed by atoms with Gasteiger partial charge in [-0.05, 0) is 54.1 Å². The lowest BCUT2D eigenvalue weighted by atomic mass is 9.94. The fourth-order valence-corrected chi connectivity index (χ4v) is 4.01. The molecule has 0 aromatic heterocycles. The van der Waals surface area contributed by atoms with Crippen molar-refractivity contribution in [2.75, 3.05) is 12.0 Å². The Kier molecular flexibility index (Phi) is 5.82. The lowest BCUT2D eigenvalue weighted by Gasteiger charge is -2.26. The quantitative estimate of drug-likeness (QED) is 0.306. The van der Waals surface area contributed by atoms with Crippen molar-refractivity contribution in [3.8, 4) is 11.5 Å². The van der Waals surface area contributed by atoms with Gasteiger partial charge in [-0.2, -0.15) is 0 Å². The monoisotopic (exact) mass is 469 g/mol. The van der Waals surface area contributed by atoms with Crippen LogP contribution in [0.4, 0.5) is 5.69 Å². The van der Waals surface area contributed by atoms with Gasteiger partial charge >= 0.3 is 0 Å². The highest BCUT2D eigenvalue weighted by Crippen LogP contribution is 2.44. The minimum absolute atomic E-state index is 0.0430. The van der Waals surface area contributed by atoms with E-state index in [0.717, 1.165) is 0 Å². The molecule has 1 fully saturated rings. The van der Waals surface area contributed by atoms with Crippen LogP contribution in [0.2, 0.25) is 10.0 Å². The van der Waals surface area contributed by atoms with Crippen molar-refractivity contribution in [1.29, 1.82) is 0 Å². The largest absolute Gasteiger partial charge is 0.507 e. The number of phenols is 1. The molecule has 1 amide bonds. The maximum Gasteiger partial charge on any atom is 0.300 e. The number of anilines is 1. The van der Waals surface area contributed by atoms with Gasteiger partial charge in [0.2, 0.25) is 0 Å². The van der Waals surface area contributed by atoms with Gasteiger partial charge in [0.05, 0.1) is 29.3 Å². The number of aliphatic hydroxyl groups excluding tert-OH is 1. The summed E-state index contributed by atoms with van der Waals surface area (Å²) in [5.74, 6) is -1.88. The van der Waals surface area contributed by atoms with E-state index in [0.29, 0.717) is 22.0 Å². The lowest BCUT2D eigenvalue weighted by Crippen LogP contribution is -2.29. The third-order valence-corrected chi connectivity index (χ3v) is 5.75. The van der Waals surface area contributed by atoms with E-state index in [1.165, 1.54) is 30.2 Å². The van der Waals surface area contributed by atoms with E-state index < -0.39 is 17.7 Å². The van der Waals surface area contributed by atoms with E-state index in [2.05, 4.69) is 0 Å². The summed E-state index contributed by atoms with van der Waals surface area (Å²) in [5.41, 5.74) is 0.971. The molecule has 0 bridgehead atoms. The van der Waals surface area contributed by atoms with E-state index in [-0.39, 0.29) is 27.7 Å². The molecule has 0 radical (unpaired) electrons. The zero-order chi connectivity index (χ0) is 23.0. The molecule has 1 aliphatic heterocycles. The van der Waals surface area contributed by atoms with E-state index >= 15 is 0 Å². The number of aliphatic hydroxyl groups is 1. The first-order chi connectivity index (χ1) is 15.3. The van der Waals surface area contributed by atoms with Gasteiger partial charge in [0.15, 0.2) is 0 Å². The van der Waals surface area contributed by atoms with Gasteiger partial charge in [-0.3, -0.25) is 14.5 Å². The standard InChI is InChI=1S/C24H17Cl2NO5/c1-32-19-5-3-2-4-16(19)22(29)20-21(13-6-11-18(28)17(26)12-13)27(24(31)23(20)30)15-9-7-14(25)8-10-15/h2-12,21,28-29H,1H3/b22-20-. The number of benzene rings is 3. The number of ether oxygens (including phenoxy) is 1. The van der Waals surface area contributed by atoms with Gasteiger partial charge in [0, 0.05) is 10.7 Å². The van der Waals surface area contributed by atoms with Crippen molar-refractivity contribution in [2.24, 2.45) is 0 Å². The number of phenolic OH excluding ortho intramolecular Hbond substituents is 1. The molecule has 3 aromatic rings. The van der Waals surface area contributed by atoms with Gasteiger partial charge in [0.25, 0.3) is 11.7 Å². The summed E-state index contributed by atoms with van der Waals surface area (Å²) in [6.45, 7) is 0. The number of Topliss-reactive ketones (excluding diaryl/α,β-unsaturated/α-hetero) is 1. The highest BCUT2D eigenvalue weighted by atomic mass is 35.5. The molecular weight excluding hydrogens is 453 g/mol. The number of carbonyl (C=O) groups is 2. The second-order valence-corrected chi connectivity index (χ2v) is 7.90. The fraction of sp³-hybridized carbons (Fsp3) is 0.0833. The summed E-state index contributed by atoms with van der Waals surface area (Å²) >= 11 is 12.1. The Hall–Kier alpha value is -3.48. The highest BCUT2D eigenvalue weighted by Gasteiger charge is 2.47. The SMILES string of the molecule is COc1ccccc1/C(O)=C1/C(=O)C(=O)N(c2ccc(Cl)cc2)C1c1ccc(O)c(Cl)c1. The molecule has 162 valence electrons. The van der Waals surface area contributed by atoms with Crippen LogP contribution in [0.25, 0.3) is 5.76 Å². The fourth-order valence-electron chi connectivity index (χ4n) is 3.69. The number of nitrogens with zero attached hydrogens (tertiary/aromatic N) is 1. The van der Waals surface area contributed by atoms with E-state index in [1.54, 1.807) is 48.5 Å². The van der Waals surface area contributed by atoms with E-state index in [9.17, 15) is 19.8 Å². The van der Waals surface area contributed by atoms with Gasteiger partial charge in [-0.25, -0.2) is 0 Å². The number of amides is 1. The smallest absolute Gasteiger partial charge is 0.300 e. The summed E-state index contributed by atoms with van der Waals surface area (Å²) < 4.78 is 5.32. The molecule has 1 unspecified atom stereocenters. The number of halogens is 2. The number of rotatable bonds is 4. The molecule has 4 rings (SSSR count). The van der Waals surface area contributed by atoms with E-state index in [1.807, 2.05) is 0 Å². The van der Waals surface area contributed by atoms with Crippen molar-refractivity contribution in [1.82, 2.24) is 0 Å². The van der Waals surface area contributed by atoms with Gasteiger partial charge in [-0.1, -0.05) is 41.4 Å². The Morgan fingerprint density at radius 3 is 2.34 bits per heavy atom. The third kappa shape index (κ3) is 3.68. The zero-order valence-corrected chi connectivity index (χ0v) is 18.3. The predicted octanol–water partition coefficient (Wildman–Crippen LogP) is 5.33. The van der Waals surface area contributed by atoms with Gasteiger partial charge < -0.3 is 14.9 Å². The number of carbonyl (C=O) groups excluding carboxylic acids is 2. The van der Waals surface area contributed by atoms with Crippen LogP contribution in [-0.4, -0.2) is 29.0 Å². The van der Waals surface area contributed by atoms with Gasteiger partial charge in [-0.15, -0.1) is 0 Å². The van der Waals surface area contributed by atoms with Crippen LogP contribution in [0.5, 0.6) is 11.5 Å². The molecule has 1 saturated heterocycles. The molecule has 8 heteroatoms. The maximum absolute atomic E-state index is 13.1. The van der Waals surface area contributed by atoms with Crippen molar-refractivity contribution >= 4 is 46.3 Å². The minimum atomic E-state index is -1.00. The van der Waals surface area contributed by atoms with Gasteiger partial charge in [0.1, 0.15) is 17.3 Å². The van der Waals surface area contributed by atoms with Crippen molar-refractivity contribution in [2.45, 2.75) is 6.04 Å². The average Bonchev–Trinajstić information content (AvgIpc) is 3.06. The highest BCUT2D eigenvalue weighted by molar-refractivity contribution is 6.51. The van der Waals surface area contributed by atoms with Crippen LogP contribution >= 0.6 is 23.2 Å². The summed E-state index contributed by atoms with van der Waals surface area (Å²) in [6, 6.07) is 16.4. The number of para-hydroxylation sites is 1. The average molecular weight is 470 g/mol. The first-order valence-electron chi connectivity index (χ1n) is 9.52. The summed E-state index contributed by atoms with van der Waals surface area (Å²) in [7, 11) is 1.44. The Labute approximate surface area is 193 Å². The Morgan fingerprint density at radius 1 is 1.00 bits per heavy atom. The van der Waals surface area contributed by atoms with Crippen LogP contribution in [0.3, 0.4) is 0 Å². The minimum Gasteiger partial charge on any atom is -0.507 e. The molecule has 1 heterocycles. The molecule has 1 aliphatic rings. The molecule has 2 N–H and O–H groups in total. The zero-order valence-electron chi connectivity index (χ0n) is 16.8. The van der Waals surface area contributed by atoms with Crippen LogP contribution in [0.15, 0.2) is 72.3 Å². The molecule has 3 aromatic carbocycles. The van der Waals surface area contributed by atoms with Crippen molar-refractivity contribution in [3.05, 3.63) is 93.5 Å². The predicted molar refractivity (Wildman–Crippen MR) is 122 cm³/mol. The lowest BCUT2D eigenvalue weighted by molar-refractivity contribution is -0.132. The van der Waals surface area contributed by atoms with E-state index in [4.69, 9.17) is 27.9 Å². The molecule has 0 aliphatic carbocycles. The summed E-state index contributed by atoms with van der Waals surface area (Å²) in [6.07, 6.45) is 0. The van der Waals surface area contributed by atoms with Crippen LogP contribution < -0.4 is 9.64 Å². The maximum atomic E-state index is 13.1. The second-order valence-electron chi connectivity index (χ2n) is 7.06. The second kappa shape index (κ2) is 8.57. The molecule has 32 heavy (non-hydrogen) atoms. The molecular formula is C24H17Cl2NO5. The molecule has 6 nitrogen and oxygen atoms in total. The Morgan fingerprint density at radius 2 is 1.69 bits per heavy atom. The number of hydrogen-bond acceptors (Lipinski definition) is 5. The topological polar surface area (TPSA) is 87.1 Å². The molecule has 0 spiro atoms. The normalized spacial score (nSPS) is 17.6. The summed E-state index contributed by atoms with van der Waals surface area (Å²) in [4.78, 5) is 27.5. The van der Waals surface area contributed by atoms with Crippen LogP contribution in [-0.2, 0) is 9.59 Å². The Balaban J connectivity index is 1.99. The van der Waals surface area contributed by atoms with Crippen LogP contribution in [0.1, 0.15) is 17.2 Å². The first-order valence-corrected chi connectivity index (χ1v) is 10.3.